The van der Waals surface area contributed by atoms with Crippen molar-refractivity contribution in [1.82, 2.24) is 9.80 Å². The van der Waals surface area contributed by atoms with Gasteiger partial charge in [-0.1, -0.05) is 12.1 Å². The van der Waals surface area contributed by atoms with E-state index in [0.717, 1.165) is 43.1 Å². The minimum Gasteiger partial charge on any atom is -0.437 e. The molecule has 35 heavy (non-hydrogen) atoms. The number of likely N-dealkylation sites (tertiary alicyclic amines) is 2. The van der Waals surface area contributed by atoms with Gasteiger partial charge in [0.05, 0.1) is 5.25 Å². The molecule has 1 spiro atoms. The molecule has 0 aliphatic carbocycles. The van der Waals surface area contributed by atoms with Crippen molar-refractivity contribution < 1.29 is 31.1 Å². The second-order valence-corrected chi connectivity index (χ2v) is 12.6. The maximum atomic E-state index is 12.8. The van der Waals surface area contributed by atoms with Gasteiger partial charge in [0.25, 0.3) is 0 Å². The van der Waals surface area contributed by atoms with Crippen molar-refractivity contribution >= 4 is 21.6 Å². The number of nitrogens with zero attached hydrogens (tertiary/aromatic N) is 3. The Morgan fingerprint density at radius 1 is 1.17 bits per heavy atom. The summed E-state index contributed by atoms with van der Waals surface area (Å²) < 4.78 is 66.7. The van der Waals surface area contributed by atoms with E-state index in [0.29, 0.717) is 45.6 Å². The number of hydrogen-bond donors (Lipinski definition) is 0. The lowest BCUT2D eigenvalue weighted by atomic mass is 9.84. The van der Waals surface area contributed by atoms with Crippen LogP contribution in [-0.4, -0.2) is 86.4 Å². The minimum atomic E-state index is -4.57. The molecule has 1 aromatic carbocycles. The molecule has 4 rings (SSSR count). The highest BCUT2D eigenvalue weighted by Crippen LogP contribution is 2.41. The monoisotopic (exact) mass is 517 g/mol. The number of rotatable bonds is 5. The number of anilines is 1. The molecular formula is C24H34F3N3O4S. The number of amides is 1. The van der Waals surface area contributed by atoms with Crippen LogP contribution in [-0.2, 0) is 21.1 Å². The summed E-state index contributed by atoms with van der Waals surface area (Å²) in [5.74, 6) is 0. The molecule has 0 bridgehead atoms. The smallest absolute Gasteiger partial charge is 0.425 e. The molecule has 0 aromatic heterocycles. The minimum absolute atomic E-state index is 0.0984. The van der Waals surface area contributed by atoms with Gasteiger partial charge in [0.1, 0.15) is 0 Å². The van der Waals surface area contributed by atoms with Crippen LogP contribution in [0.3, 0.4) is 0 Å². The van der Waals surface area contributed by atoms with Crippen LogP contribution in [0.1, 0.15) is 43.7 Å². The molecule has 3 aliphatic heterocycles. The summed E-state index contributed by atoms with van der Waals surface area (Å²) in [4.78, 5) is 18.2. The number of ether oxygens (including phenoxy) is 1. The molecule has 11 heteroatoms. The molecule has 0 saturated carbocycles. The third-order valence-corrected chi connectivity index (χ3v) is 9.34. The van der Waals surface area contributed by atoms with Crippen LogP contribution in [0.4, 0.5) is 23.7 Å². The first-order valence-corrected chi connectivity index (χ1v) is 14.0. The van der Waals surface area contributed by atoms with Crippen LogP contribution in [0.15, 0.2) is 18.2 Å². The Morgan fingerprint density at radius 3 is 2.43 bits per heavy atom. The van der Waals surface area contributed by atoms with Crippen LogP contribution in [0.25, 0.3) is 0 Å². The summed E-state index contributed by atoms with van der Waals surface area (Å²) in [5, 5.41) is -0.335. The summed E-state index contributed by atoms with van der Waals surface area (Å²) >= 11 is 0. The quantitative estimate of drug-likeness (QED) is 0.593. The number of aryl methyl sites for hydroxylation is 1. The van der Waals surface area contributed by atoms with Gasteiger partial charge in [-0.25, -0.2) is 13.2 Å². The van der Waals surface area contributed by atoms with E-state index >= 15 is 0 Å². The third-order valence-electron chi connectivity index (χ3n) is 7.83. The zero-order valence-electron chi connectivity index (χ0n) is 20.5. The molecule has 1 aromatic rings. The molecule has 196 valence electrons. The summed E-state index contributed by atoms with van der Waals surface area (Å²) in [6.07, 6.45) is -2.95. The first-order valence-electron chi connectivity index (χ1n) is 12.1. The van der Waals surface area contributed by atoms with E-state index in [9.17, 15) is 26.4 Å². The molecule has 1 amide bonds. The molecule has 3 fully saturated rings. The average molecular weight is 518 g/mol. The van der Waals surface area contributed by atoms with Gasteiger partial charge in [-0.3, -0.25) is 4.90 Å². The topological polar surface area (TPSA) is 70.2 Å². The average Bonchev–Trinajstić information content (AvgIpc) is 3.09. The number of halogens is 3. The number of carbonyl (C=O) groups excluding carboxylic acids is 1. The van der Waals surface area contributed by atoms with Crippen molar-refractivity contribution in [2.45, 2.75) is 69.1 Å². The van der Waals surface area contributed by atoms with Crippen molar-refractivity contribution in [1.29, 1.82) is 0 Å². The summed E-state index contributed by atoms with van der Waals surface area (Å²) in [6, 6.07) is 6.28. The lowest BCUT2D eigenvalue weighted by Crippen LogP contribution is -2.55. The van der Waals surface area contributed by atoms with Crippen LogP contribution < -0.4 is 4.90 Å². The fourth-order valence-electron chi connectivity index (χ4n) is 5.42. The van der Waals surface area contributed by atoms with Gasteiger partial charge in [-0.05, 0) is 63.3 Å². The van der Waals surface area contributed by atoms with Gasteiger partial charge >= 0.3 is 12.3 Å². The van der Waals surface area contributed by atoms with Crippen LogP contribution in [0, 0.1) is 6.92 Å². The van der Waals surface area contributed by atoms with Crippen molar-refractivity contribution in [3.8, 4) is 0 Å². The molecule has 3 saturated heterocycles. The van der Waals surface area contributed by atoms with Crippen molar-refractivity contribution in [3.63, 3.8) is 0 Å². The predicted molar refractivity (Wildman–Crippen MR) is 127 cm³/mol. The van der Waals surface area contributed by atoms with Gasteiger partial charge in [0.15, 0.2) is 15.9 Å². The molecule has 0 N–H and O–H groups in total. The summed E-state index contributed by atoms with van der Waals surface area (Å²) in [5.41, 5.74) is 3.22. The Kier molecular flexibility index (Phi) is 7.04. The Hall–Kier alpha value is -2.01. The van der Waals surface area contributed by atoms with Crippen LogP contribution in [0.2, 0.25) is 0 Å². The van der Waals surface area contributed by atoms with Crippen molar-refractivity contribution in [2.75, 3.05) is 43.9 Å². The highest BCUT2D eigenvalue weighted by atomic mass is 32.2. The number of piperidine rings is 1. The molecule has 3 heterocycles. The Morgan fingerprint density at radius 2 is 1.83 bits per heavy atom. The Bertz CT molecular complexity index is 1050. The number of alkyl halides is 3. The number of carbonyl (C=O) groups is 1. The van der Waals surface area contributed by atoms with Crippen molar-refractivity contribution in [3.05, 3.63) is 29.3 Å². The van der Waals surface area contributed by atoms with E-state index < -0.39 is 28.2 Å². The highest BCUT2D eigenvalue weighted by molar-refractivity contribution is 7.91. The first-order chi connectivity index (χ1) is 16.3. The number of benzene rings is 1. The van der Waals surface area contributed by atoms with E-state index in [1.54, 1.807) is 0 Å². The van der Waals surface area contributed by atoms with Gasteiger partial charge in [-0.2, -0.15) is 13.2 Å². The molecule has 1 unspecified atom stereocenters. The standard InChI is InChI=1S/C24H34F3N3O4S/c1-17-5-6-19(21(13-17)29-15-20(16-29)35(3,32)33)14-30-10-4-7-23(30)8-11-28(12-9-23)22(31)34-18(2)24(25,26)27/h5-6,13,18,20H,4,7-12,14-16H2,1-3H3. The van der Waals surface area contributed by atoms with E-state index in [-0.39, 0.29) is 10.8 Å². The van der Waals surface area contributed by atoms with Gasteiger partial charge in [0.2, 0.25) is 0 Å². The summed E-state index contributed by atoms with van der Waals surface area (Å²) in [6.45, 7) is 6.21. The van der Waals surface area contributed by atoms with E-state index in [1.165, 1.54) is 11.2 Å². The van der Waals surface area contributed by atoms with Crippen LogP contribution >= 0.6 is 0 Å². The lowest BCUT2D eigenvalue weighted by Gasteiger charge is -2.46. The summed E-state index contributed by atoms with van der Waals surface area (Å²) in [7, 11) is -3.06. The lowest BCUT2D eigenvalue weighted by molar-refractivity contribution is -0.200. The molecule has 1 atom stereocenters. The fraction of sp³-hybridized carbons (Fsp3) is 0.708. The highest BCUT2D eigenvalue weighted by Gasteiger charge is 2.46. The predicted octanol–water partition coefficient (Wildman–Crippen LogP) is 3.75. The third kappa shape index (κ3) is 5.55. The second kappa shape index (κ2) is 9.46. The largest absolute Gasteiger partial charge is 0.437 e. The zero-order chi connectivity index (χ0) is 25.6. The Balaban J connectivity index is 1.41. The SMILES string of the molecule is Cc1ccc(CN2CCCC23CCN(C(=O)OC(C)C(F)(F)F)CC3)c(N2CC(S(C)(=O)=O)C2)c1. The van der Waals surface area contributed by atoms with E-state index in [4.69, 9.17) is 0 Å². The van der Waals surface area contributed by atoms with Gasteiger partial charge < -0.3 is 14.5 Å². The fourth-order valence-corrected chi connectivity index (χ4v) is 6.32. The number of sulfone groups is 1. The molecule has 3 aliphatic rings. The van der Waals surface area contributed by atoms with Gasteiger partial charge in [-0.15, -0.1) is 0 Å². The molecular weight excluding hydrogens is 483 g/mol. The van der Waals surface area contributed by atoms with E-state index in [2.05, 4.69) is 32.7 Å². The first kappa shape index (κ1) is 26.1. The Labute approximate surface area is 205 Å². The molecule has 0 radical (unpaired) electrons. The molecule has 7 nitrogen and oxygen atoms in total. The van der Waals surface area contributed by atoms with Gasteiger partial charge in [0, 0.05) is 50.2 Å². The maximum Gasteiger partial charge on any atom is 0.425 e. The normalized spacial score (nSPS) is 22.3. The van der Waals surface area contributed by atoms with Crippen LogP contribution in [0.5, 0.6) is 0 Å². The maximum absolute atomic E-state index is 12.8. The zero-order valence-corrected chi connectivity index (χ0v) is 21.3. The van der Waals surface area contributed by atoms with E-state index in [1.807, 2.05) is 6.92 Å². The number of hydrogen-bond acceptors (Lipinski definition) is 6. The van der Waals surface area contributed by atoms with Crippen molar-refractivity contribution in [2.24, 2.45) is 0 Å². The second-order valence-electron chi connectivity index (χ2n) is 10.3.